The molecule has 0 saturated carbocycles. The number of nitrogens with one attached hydrogen (secondary N) is 1. The lowest BCUT2D eigenvalue weighted by Gasteiger charge is -2.05. The van der Waals surface area contributed by atoms with Gasteiger partial charge >= 0.3 is 0 Å². The van der Waals surface area contributed by atoms with Crippen molar-refractivity contribution in [2.75, 3.05) is 13.1 Å². The summed E-state index contributed by atoms with van der Waals surface area (Å²) in [5.41, 5.74) is 1.63. The lowest BCUT2D eigenvalue weighted by molar-refractivity contribution is 0.567. The minimum absolute atomic E-state index is 0.866. The molecule has 0 aromatic carbocycles. The van der Waals surface area contributed by atoms with Crippen molar-refractivity contribution >= 4 is 11.3 Å². The zero-order valence-electron chi connectivity index (χ0n) is 6.34. The molecule has 0 spiro atoms. The van der Waals surface area contributed by atoms with E-state index in [4.69, 9.17) is 0 Å². The molecule has 1 nitrogen and oxygen atoms in total. The first-order chi connectivity index (χ1) is 5.45. The molecule has 1 fully saturated rings. The first kappa shape index (κ1) is 6.21. The zero-order chi connectivity index (χ0) is 7.26. The average molecular weight is 165 g/mol. The molecule has 2 atom stereocenters. The molecule has 11 heavy (non-hydrogen) atoms. The molecule has 2 heteroatoms. The quantitative estimate of drug-likeness (QED) is 0.616. The van der Waals surface area contributed by atoms with Gasteiger partial charge in [0.25, 0.3) is 0 Å². The van der Waals surface area contributed by atoms with E-state index in [1.165, 1.54) is 19.5 Å². The van der Waals surface area contributed by atoms with Crippen molar-refractivity contribution in [3.63, 3.8) is 0 Å². The molecule has 2 unspecified atom stereocenters. The summed E-state index contributed by atoms with van der Waals surface area (Å²) < 4.78 is 0. The van der Waals surface area contributed by atoms with Crippen LogP contribution in [0.1, 0.15) is 16.4 Å². The Labute approximate surface area is 70.4 Å². The van der Waals surface area contributed by atoms with Crippen molar-refractivity contribution < 1.29 is 0 Å². The molecule has 58 valence electrons. The fraction of sp³-hybridized carbons (Fsp3) is 0.556. The predicted octanol–water partition coefficient (Wildman–Crippen LogP) is 1.61. The van der Waals surface area contributed by atoms with Crippen molar-refractivity contribution in [1.82, 2.24) is 5.32 Å². The van der Waals surface area contributed by atoms with Gasteiger partial charge in [0.05, 0.1) is 0 Å². The molecule has 2 aliphatic rings. The van der Waals surface area contributed by atoms with Gasteiger partial charge in [-0.05, 0) is 35.9 Å². The van der Waals surface area contributed by atoms with Gasteiger partial charge in [-0.3, -0.25) is 0 Å². The summed E-state index contributed by atoms with van der Waals surface area (Å²) in [4.78, 5) is 1.67. The number of hydrogen-bond acceptors (Lipinski definition) is 2. The van der Waals surface area contributed by atoms with Gasteiger partial charge in [0.2, 0.25) is 0 Å². The third-order valence-corrected chi connectivity index (χ3v) is 4.03. The fourth-order valence-corrected chi connectivity index (χ4v) is 3.51. The van der Waals surface area contributed by atoms with Crippen LogP contribution in [0, 0.1) is 5.92 Å². The Bertz CT molecular complexity index is 279. The van der Waals surface area contributed by atoms with Crippen molar-refractivity contribution in [2.45, 2.75) is 12.3 Å². The number of rotatable bonds is 0. The molecule has 1 aromatic rings. The van der Waals surface area contributed by atoms with Gasteiger partial charge in [-0.15, -0.1) is 11.3 Å². The molecule has 1 saturated heterocycles. The highest BCUT2D eigenvalue weighted by atomic mass is 32.1. The fourth-order valence-electron chi connectivity index (χ4n) is 2.38. The van der Waals surface area contributed by atoms with Gasteiger partial charge in [0.15, 0.2) is 0 Å². The van der Waals surface area contributed by atoms with E-state index in [9.17, 15) is 0 Å². The van der Waals surface area contributed by atoms with Crippen LogP contribution in [-0.2, 0) is 6.42 Å². The Morgan fingerprint density at radius 3 is 3.45 bits per heavy atom. The Morgan fingerprint density at radius 2 is 2.45 bits per heavy atom. The van der Waals surface area contributed by atoms with E-state index in [-0.39, 0.29) is 0 Å². The van der Waals surface area contributed by atoms with Gasteiger partial charge in [0, 0.05) is 17.3 Å². The third kappa shape index (κ3) is 0.741. The summed E-state index contributed by atoms with van der Waals surface area (Å²) in [6.07, 6.45) is 1.33. The summed E-state index contributed by atoms with van der Waals surface area (Å²) in [6, 6.07) is 2.30. The van der Waals surface area contributed by atoms with E-state index in [1.807, 2.05) is 11.3 Å². The second kappa shape index (κ2) is 2.08. The van der Waals surface area contributed by atoms with E-state index in [1.54, 1.807) is 10.4 Å². The summed E-state index contributed by atoms with van der Waals surface area (Å²) in [7, 11) is 0. The molecule has 0 amide bonds. The van der Waals surface area contributed by atoms with Gasteiger partial charge in [-0.1, -0.05) is 0 Å². The van der Waals surface area contributed by atoms with Crippen molar-refractivity contribution in [1.29, 1.82) is 0 Å². The highest BCUT2D eigenvalue weighted by Gasteiger charge is 2.36. The van der Waals surface area contributed by atoms with Gasteiger partial charge in [-0.2, -0.15) is 0 Å². The van der Waals surface area contributed by atoms with Gasteiger partial charge in [0.1, 0.15) is 0 Å². The normalized spacial score (nSPS) is 33.8. The summed E-state index contributed by atoms with van der Waals surface area (Å²) in [5.74, 6) is 1.79. The Hall–Kier alpha value is -0.340. The monoisotopic (exact) mass is 165 g/mol. The molecular weight excluding hydrogens is 154 g/mol. The standard InChI is InChI=1S/C9H11NS/c1-2-11-9-6(1)3-7-4-10-5-8(7)9/h1-2,7-8,10H,3-5H2. The van der Waals surface area contributed by atoms with Crippen LogP contribution in [-0.4, -0.2) is 13.1 Å². The van der Waals surface area contributed by atoms with Crippen LogP contribution in [0.5, 0.6) is 0 Å². The first-order valence-corrected chi connectivity index (χ1v) is 5.10. The second-order valence-corrected chi connectivity index (χ2v) is 4.49. The molecule has 1 aliphatic heterocycles. The molecule has 0 radical (unpaired) electrons. The molecule has 0 bridgehead atoms. The highest BCUT2D eigenvalue weighted by Crippen LogP contribution is 2.42. The van der Waals surface area contributed by atoms with E-state index in [2.05, 4.69) is 16.8 Å². The minimum Gasteiger partial charge on any atom is -0.316 e. The lowest BCUT2D eigenvalue weighted by Crippen LogP contribution is -2.09. The van der Waals surface area contributed by atoms with Crippen molar-refractivity contribution in [3.8, 4) is 0 Å². The number of fused-ring (bicyclic) bond motifs is 3. The highest BCUT2D eigenvalue weighted by molar-refractivity contribution is 7.10. The van der Waals surface area contributed by atoms with Crippen LogP contribution >= 0.6 is 11.3 Å². The largest absolute Gasteiger partial charge is 0.316 e. The number of hydrogen-bond donors (Lipinski definition) is 1. The maximum Gasteiger partial charge on any atom is 0.0124 e. The van der Waals surface area contributed by atoms with E-state index >= 15 is 0 Å². The van der Waals surface area contributed by atoms with Crippen LogP contribution in [0.15, 0.2) is 11.4 Å². The average Bonchev–Trinajstić information content (AvgIpc) is 2.52. The van der Waals surface area contributed by atoms with Crippen molar-refractivity contribution in [3.05, 3.63) is 21.9 Å². The van der Waals surface area contributed by atoms with Gasteiger partial charge in [-0.25, -0.2) is 0 Å². The summed E-state index contributed by atoms with van der Waals surface area (Å²) in [6.45, 7) is 2.46. The maximum absolute atomic E-state index is 3.46. The topological polar surface area (TPSA) is 12.0 Å². The Balaban J connectivity index is 2.08. The molecule has 1 aromatic heterocycles. The SMILES string of the molecule is c1cc2c(s1)C1CNCC1C2. The van der Waals surface area contributed by atoms with Crippen molar-refractivity contribution in [2.24, 2.45) is 5.92 Å². The summed E-state index contributed by atoms with van der Waals surface area (Å²) >= 11 is 1.95. The molecular formula is C9H11NS. The van der Waals surface area contributed by atoms with Crippen LogP contribution in [0.25, 0.3) is 0 Å². The second-order valence-electron chi connectivity index (χ2n) is 3.54. The molecule has 3 rings (SSSR count). The minimum atomic E-state index is 0.866. The Kier molecular flexibility index (Phi) is 1.17. The zero-order valence-corrected chi connectivity index (χ0v) is 7.16. The maximum atomic E-state index is 3.46. The Morgan fingerprint density at radius 1 is 1.45 bits per heavy atom. The molecule has 1 N–H and O–H groups in total. The lowest BCUT2D eigenvalue weighted by atomic mass is 10.0. The molecule has 1 aliphatic carbocycles. The third-order valence-electron chi connectivity index (χ3n) is 2.94. The summed E-state index contributed by atoms with van der Waals surface area (Å²) in [5, 5.41) is 5.70. The first-order valence-electron chi connectivity index (χ1n) is 4.22. The van der Waals surface area contributed by atoms with Crippen LogP contribution in [0.4, 0.5) is 0 Å². The van der Waals surface area contributed by atoms with Gasteiger partial charge < -0.3 is 5.32 Å². The van der Waals surface area contributed by atoms with E-state index < -0.39 is 0 Å². The smallest absolute Gasteiger partial charge is 0.0124 e. The van der Waals surface area contributed by atoms with E-state index in [0.717, 1.165) is 11.8 Å². The number of thiophene rings is 1. The van der Waals surface area contributed by atoms with Crippen LogP contribution in [0.2, 0.25) is 0 Å². The van der Waals surface area contributed by atoms with Crippen LogP contribution < -0.4 is 5.32 Å². The predicted molar refractivity (Wildman–Crippen MR) is 47.1 cm³/mol. The van der Waals surface area contributed by atoms with E-state index in [0.29, 0.717) is 0 Å². The molecule has 2 heterocycles. The van der Waals surface area contributed by atoms with Crippen LogP contribution in [0.3, 0.4) is 0 Å².